The lowest BCUT2D eigenvalue weighted by Crippen LogP contribution is -2.01. The second-order valence-corrected chi connectivity index (χ2v) is 7.17. The maximum atomic E-state index is 12.9. The van der Waals surface area contributed by atoms with Crippen LogP contribution in [-0.4, -0.2) is 20.5 Å². The first kappa shape index (κ1) is 20.3. The molecule has 0 aliphatic rings. The molecule has 31 heavy (non-hydrogen) atoms. The number of carbonyl (C=O) groups excluding carboxylic acids is 1. The summed E-state index contributed by atoms with van der Waals surface area (Å²) >= 11 is 0. The van der Waals surface area contributed by atoms with Crippen LogP contribution in [0.15, 0.2) is 85.1 Å². The number of carbonyl (C=O) groups is 1. The number of hydrogen-bond acceptors (Lipinski definition) is 4. The van der Waals surface area contributed by atoms with Gasteiger partial charge in [0.05, 0.1) is 28.3 Å². The highest BCUT2D eigenvalue weighted by atomic mass is 16.5. The lowest BCUT2D eigenvalue weighted by molar-refractivity contribution is 0.104. The lowest BCUT2D eigenvalue weighted by Gasteiger charge is -2.05. The van der Waals surface area contributed by atoms with Crippen LogP contribution in [0.4, 0.5) is 0 Å². The van der Waals surface area contributed by atoms with Crippen molar-refractivity contribution in [1.82, 2.24) is 14.8 Å². The zero-order valence-electron chi connectivity index (χ0n) is 17.5. The molecule has 0 radical (unpaired) electrons. The molecule has 5 heteroatoms. The first-order valence-electron chi connectivity index (χ1n) is 10.1. The molecule has 0 bridgehead atoms. The van der Waals surface area contributed by atoms with Crippen LogP contribution in [-0.2, 0) is 6.61 Å². The van der Waals surface area contributed by atoms with E-state index in [4.69, 9.17) is 4.74 Å². The van der Waals surface area contributed by atoms with Crippen LogP contribution >= 0.6 is 0 Å². The molecule has 0 aliphatic carbocycles. The Kier molecular flexibility index (Phi) is 6.03. The molecule has 0 N–H and O–H groups in total. The van der Waals surface area contributed by atoms with Crippen LogP contribution in [0.5, 0.6) is 5.75 Å². The molecule has 0 amide bonds. The molecule has 4 aromatic rings. The lowest BCUT2D eigenvalue weighted by atomic mass is 10.1. The number of aryl methyl sites for hydroxylation is 1. The summed E-state index contributed by atoms with van der Waals surface area (Å²) in [6.45, 7) is 4.20. The van der Waals surface area contributed by atoms with E-state index in [0.717, 1.165) is 28.4 Å². The van der Waals surface area contributed by atoms with Gasteiger partial charge in [0.15, 0.2) is 5.78 Å². The number of hydrogen-bond donors (Lipinski definition) is 0. The van der Waals surface area contributed by atoms with Gasteiger partial charge >= 0.3 is 0 Å². The smallest absolute Gasteiger partial charge is 0.189 e. The largest absolute Gasteiger partial charge is 0.487 e. The van der Waals surface area contributed by atoms with Crippen molar-refractivity contribution in [3.05, 3.63) is 113 Å². The summed E-state index contributed by atoms with van der Waals surface area (Å²) in [5.41, 5.74) is 4.91. The predicted octanol–water partition coefficient (Wildman–Crippen LogP) is 5.36. The summed E-state index contributed by atoms with van der Waals surface area (Å²) in [6.07, 6.45) is 5.15. The second-order valence-electron chi connectivity index (χ2n) is 7.17. The van der Waals surface area contributed by atoms with Crippen molar-refractivity contribution >= 4 is 11.9 Å². The van der Waals surface area contributed by atoms with Gasteiger partial charge in [-0.1, -0.05) is 42.5 Å². The molecule has 0 saturated heterocycles. The van der Waals surface area contributed by atoms with Gasteiger partial charge in [0.2, 0.25) is 0 Å². The van der Waals surface area contributed by atoms with E-state index in [2.05, 4.69) is 10.1 Å². The summed E-state index contributed by atoms with van der Waals surface area (Å²) in [6, 6.07) is 23.2. The molecule has 0 saturated carbocycles. The summed E-state index contributed by atoms with van der Waals surface area (Å²) in [4.78, 5) is 17.1. The van der Waals surface area contributed by atoms with E-state index in [-0.39, 0.29) is 5.78 Å². The number of para-hydroxylation sites is 1. The Morgan fingerprint density at radius 1 is 0.968 bits per heavy atom. The average Bonchev–Trinajstić information content (AvgIpc) is 3.12. The van der Waals surface area contributed by atoms with Crippen molar-refractivity contribution in [2.45, 2.75) is 20.5 Å². The van der Waals surface area contributed by atoms with Crippen molar-refractivity contribution < 1.29 is 9.53 Å². The van der Waals surface area contributed by atoms with E-state index >= 15 is 0 Å². The Labute approximate surface area is 181 Å². The monoisotopic (exact) mass is 409 g/mol. The van der Waals surface area contributed by atoms with Crippen LogP contribution < -0.4 is 4.74 Å². The summed E-state index contributed by atoms with van der Waals surface area (Å²) in [7, 11) is 0. The third-order valence-electron chi connectivity index (χ3n) is 4.96. The molecular formula is C26H23N3O2. The summed E-state index contributed by atoms with van der Waals surface area (Å²) < 4.78 is 7.56. The SMILES string of the molecule is Cc1nn(-c2ccccc2)c(C)c1C(=O)/C=C/c1ccc(OCc2ccccn2)cc1. The van der Waals surface area contributed by atoms with Crippen molar-refractivity contribution in [2.24, 2.45) is 0 Å². The van der Waals surface area contributed by atoms with Gasteiger partial charge in [0.1, 0.15) is 12.4 Å². The van der Waals surface area contributed by atoms with Crippen molar-refractivity contribution in [3.8, 4) is 11.4 Å². The van der Waals surface area contributed by atoms with Crippen LogP contribution in [0, 0.1) is 13.8 Å². The molecule has 5 nitrogen and oxygen atoms in total. The second kappa shape index (κ2) is 9.22. The molecular weight excluding hydrogens is 386 g/mol. The summed E-state index contributed by atoms with van der Waals surface area (Å²) in [5, 5.41) is 4.55. The Bertz CT molecular complexity index is 1190. The van der Waals surface area contributed by atoms with E-state index in [9.17, 15) is 4.79 Å². The third kappa shape index (κ3) is 4.78. The minimum atomic E-state index is -0.0624. The minimum Gasteiger partial charge on any atom is -0.487 e. The van der Waals surface area contributed by atoms with Crippen molar-refractivity contribution in [1.29, 1.82) is 0 Å². The molecule has 2 aromatic heterocycles. The van der Waals surface area contributed by atoms with E-state index in [1.165, 1.54) is 0 Å². The van der Waals surface area contributed by atoms with Gasteiger partial charge in [-0.3, -0.25) is 9.78 Å². The normalized spacial score (nSPS) is 11.0. The van der Waals surface area contributed by atoms with Gasteiger partial charge in [-0.2, -0.15) is 5.10 Å². The Morgan fingerprint density at radius 3 is 2.42 bits per heavy atom. The number of benzene rings is 2. The first-order valence-corrected chi connectivity index (χ1v) is 10.1. The van der Waals surface area contributed by atoms with Gasteiger partial charge in [-0.05, 0) is 61.9 Å². The van der Waals surface area contributed by atoms with E-state index in [1.54, 1.807) is 12.3 Å². The van der Waals surface area contributed by atoms with Gasteiger partial charge in [-0.15, -0.1) is 0 Å². The zero-order valence-corrected chi connectivity index (χ0v) is 17.5. The third-order valence-corrected chi connectivity index (χ3v) is 4.96. The van der Waals surface area contributed by atoms with Gasteiger partial charge in [-0.25, -0.2) is 4.68 Å². The number of rotatable bonds is 7. The van der Waals surface area contributed by atoms with Crippen molar-refractivity contribution in [3.63, 3.8) is 0 Å². The molecule has 154 valence electrons. The van der Waals surface area contributed by atoms with Crippen molar-refractivity contribution in [2.75, 3.05) is 0 Å². The number of ketones is 1. The summed E-state index contributed by atoms with van der Waals surface area (Å²) in [5.74, 6) is 0.692. The topological polar surface area (TPSA) is 57.0 Å². The Hall–Kier alpha value is -3.99. The molecule has 2 heterocycles. The fourth-order valence-corrected chi connectivity index (χ4v) is 3.39. The Morgan fingerprint density at radius 2 is 1.71 bits per heavy atom. The number of nitrogens with zero attached hydrogens (tertiary/aromatic N) is 3. The number of aromatic nitrogens is 3. The highest BCUT2D eigenvalue weighted by Gasteiger charge is 2.17. The van der Waals surface area contributed by atoms with Crippen LogP contribution in [0.25, 0.3) is 11.8 Å². The van der Waals surface area contributed by atoms with Crippen LogP contribution in [0.3, 0.4) is 0 Å². The highest BCUT2D eigenvalue weighted by Crippen LogP contribution is 2.20. The van der Waals surface area contributed by atoms with Gasteiger partial charge in [0.25, 0.3) is 0 Å². The van der Waals surface area contributed by atoms with E-state index < -0.39 is 0 Å². The molecule has 0 aliphatic heterocycles. The van der Waals surface area contributed by atoms with Gasteiger partial charge in [0, 0.05) is 6.20 Å². The highest BCUT2D eigenvalue weighted by molar-refractivity contribution is 6.08. The van der Waals surface area contributed by atoms with Crippen LogP contribution in [0.2, 0.25) is 0 Å². The Balaban J connectivity index is 1.44. The quantitative estimate of drug-likeness (QED) is 0.305. The molecule has 2 aromatic carbocycles. The molecule has 0 spiro atoms. The number of pyridine rings is 1. The van der Waals surface area contributed by atoms with E-state index in [1.807, 2.05) is 97.4 Å². The number of ether oxygens (including phenoxy) is 1. The first-order chi connectivity index (χ1) is 15.1. The molecule has 4 rings (SSSR count). The maximum Gasteiger partial charge on any atom is 0.189 e. The van der Waals surface area contributed by atoms with Crippen LogP contribution in [0.1, 0.15) is 33.0 Å². The minimum absolute atomic E-state index is 0.0624. The molecule has 0 atom stereocenters. The number of allylic oxidation sites excluding steroid dienone is 1. The van der Waals surface area contributed by atoms with E-state index in [0.29, 0.717) is 17.9 Å². The predicted molar refractivity (Wildman–Crippen MR) is 121 cm³/mol. The zero-order chi connectivity index (χ0) is 21.6. The fraction of sp³-hybridized carbons (Fsp3) is 0.115. The average molecular weight is 409 g/mol. The molecule has 0 unspecified atom stereocenters. The molecule has 0 fully saturated rings. The fourth-order valence-electron chi connectivity index (χ4n) is 3.39. The van der Waals surface area contributed by atoms with Gasteiger partial charge < -0.3 is 4.74 Å². The maximum absolute atomic E-state index is 12.9. The standard InChI is InChI=1S/C26H23N3O2/c1-19-26(20(2)29(28-19)23-9-4-3-5-10-23)25(30)16-13-21-11-14-24(15-12-21)31-18-22-8-6-7-17-27-22/h3-17H,18H2,1-2H3/b16-13+.